The van der Waals surface area contributed by atoms with E-state index in [2.05, 4.69) is 15.0 Å². The Kier molecular flexibility index (Phi) is 1.34. The summed E-state index contributed by atoms with van der Waals surface area (Å²) in [7, 11) is 0. The van der Waals surface area contributed by atoms with Gasteiger partial charge in [0.15, 0.2) is 16.8 Å². The molecule has 0 aliphatic carbocycles. The number of aromatic nitrogens is 2. The molecule has 1 aliphatic rings. The molecular weight excluding hydrogens is 176 g/mol. The van der Waals surface area contributed by atoms with Gasteiger partial charge in [-0.25, -0.2) is 14.6 Å². The summed E-state index contributed by atoms with van der Waals surface area (Å²) in [5.74, 6) is 1.17. The zero-order valence-corrected chi connectivity index (χ0v) is 6.12. The van der Waals surface area contributed by atoms with E-state index in [-0.39, 0.29) is 16.7 Å². The van der Waals surface area contributed by atoms with Gasteiger partial charge >= 0.3 is 5.69 Å². The van der Waals surface area contributed by atoms with E-state index in [9.17, 15) is 14.4 Å². The van der Waals surface area contributed by atoms with Crippen LogP contribution in [-0.2, 0) is 4.79 Å². The molecule has 0 aromatic carbocycles. The molecule has 2 rings (SSSR count). The van der Waals surface area contributed by atoms with Crippen LogP contribution >= 0.6 is 0 Å². The molecule has 0 spiro atoms. The van der Waals surface area contributed by atoms with Crippen molar-refractivity contribution in [1.29, 1.82) is 0 Å². The van der Waals surface area contributed by atoms with Gasteiger partial charge in [-0.1, -0.05) is 0 Å². The summed E-state index contributed by atoms with van der Waals surface area (Å²) < 4.78 is 0. The highest BCUT2D eigenvalue weighted by Crippen LogP contribution is 1.88. The highest BCUT2D eigenvalue weighted by atomic mass is 16.2. The molecule has 1 aromatic heterocycles. The molecule has 0 radical (unpaired) electrons. The highest BCUT2D eigenvalue weighted by Gasteiger charge is 2.06. The molecule has 0 atom stereocenters. The van der Waals surface area contributed by atoms with Crippen LogP contribution in [0.1, 0.15) is 0 Å². The lowest BCUT2D eigenvalue weighted by molar-refractivity contribution is 0.566. The fraction of sp³-hybridized carbons (Fsp3) is 0. The van der Waals surface area contributed by atoms with Crippen LogP contribution in [0.2, 0.25) is 0 Å². The molecule has 64 valence electrons. The average Bonchev–Trinajstić information content (AvgIpc) is 2.47. The number of hydrogen-bond donors (Lipinski definition) is 2. The number of nitrogens with one attached hydrogen (secondary N) is 2. The molecule has 0 fully saturated rings. The molecule has 1 aromatic rings. The van der Waals surface area contributed by atoms with Crippen LogP contribution in [0.3, 0.4) is 0 Å². The standard InChI is InChI=1S/C6H2N4O3/c11-1-2-7-3-4(8-2)9-6(13)10-5(3)12/h(H2,8,9,10,12,13). The lowest BCUT2D eigenvalue weighted by atomic mass is 10.6. The predicted molar refractivity (Wildman–Crippen MR) is 39.2 cm³/mol. The lowest BCUT2D eigenvalue weighted by Gasteiger charge is -1.79. The van der Waals surface area contributed by atoms with Crippen molar-refractivity contribution in [1.82, 2.24) is 9.97 Å². The monoisotopic (exact) mass is 178 g/mol. The van der Waals surface area contributed by atoms with Crippen molar-refractivity contribution in [3.8, 4) is 0 Å². The first-order chi connectivity index (χ1) is 6.20. The Morgan fingerprint density at radius 2 is 1.92 bits per heavy atom. The van der Waals surface area contributed by atoms with E-state index in [1.165, 1.54) is 5.94 Å². The first-order valence-corrected chi connectivity index (χ1v) is 3.26. The molecule has 7 heteroatoms. The largest absolute Gasteiger partial charge is 0.327 e. The van der Waals surface area contributed by atoms with Crippen molar-refractivity contribution in [2.75, 3.05) is 0 Å². The number of nitrogens with zero attached hydrogens (tertiary/aromatic N) is 2. The van der Waals surface area contributed by atoms with Crippen LogP contribution in [0.4, 0.5) is 0 Å². The second-order valence-corrected chi connectivity index (χ2v) is 2.25. The molecule has 1 aliphatic heterocycles. The van der Waals surface area contributed by atoms with Gasteiger partial charge in [0, 0.05) is 0 Å². The fourth-order valence-electron chi connectivity index (χ4n) is 0.935. The van der Waals surface area contributed by atoms with Crippen LogP contribution in [0.15, 0.2) is 25.4 Å². The van der Waals surface area contributed by atoms with E-state index >= 15 is 0 Å². The van der Waals surface area contributed by atoms with Crippen LogP contribution in [0, 0.1) is 0 Å². The third-order valence-corrected chi connectivity index (χ3v) is 1.43. The molecular formula is C6H2N4O3. The zero-order valence-electron chi connectivity index (χ0n) is 6.12. The van der Waals surface area contributed by atoms with Gasteiger partial charge in [-0.15, -0.1) is 0 Å². The van der Waals surface area contributed by atoms with E-state index in [0.717, 1.165) is 0 Å². The summed E-state index contributed by atoms with van der Waals surface area (Å²) in [6.07, 6.45) is 0. The predicted octanol–water partition coefficient (Wildman–Crippen LogP) is -3.01. The van der Waals surface area contributed by atoms with Crippen molar-refractivity contribution in [2.45, 2.75) is 0 Å². The minimum Gasteiger partial charge on any atom is -0.290 e. The molecule has 2 heterocycles. The molecule has 13 heavy (non-hydrogen) atoms. The first-order valence-electron chi connectivity index (χ1n) is 3.26. The quantitative estimate of drug-likeness (QED) is 0.413. The summed E-state index contributed by atoms with van der Waals surface area (Å²) in [5.41, 5.74) is -1.37. The minimum absolute atomic E-state index is 0.00731. The SMILES string of the molecule is O=C=C1N=c2[nH]c(=O)[nH]c(=O)c2=N1. The van der Waals surface area contributed by atoms with Crippen LogP contribution < -0.4 is 22.1 Å². The summed E-state index contributed by atoms with van der Waals surface area (Å²) in [4.78, 5) is 43.1. The maximum absolute atomic E-state index is 11.0. The third-order valence-electron chi connectivity index (χ3n) is 1.43. The van der Waals surface area contributed by atoms with E-state index in [1.54, 1.807) is 0 Å². The average molecular weight is 178 g/mol. The van der Waals surface area contributed by atoms with Crippen molar-refractivity contribution in [3.05, 3.63) is 37.5 Å². The Morgan fingerprint density at radius 3 is 2.62 bits per heavy atom. The van der Waals surface area contributed by atoms with Gasteiger partial charge in [-0.05, 0) is 0 Å². The van der Waals surface area contributed by atoms with Gasteiger partial charge < -0.3 is 0 Å². The van der Waals surface area contributed by atoms with Gasteiger partial charge in [0.1, 0.15) is 0 Å². The second-order valence-electron chi connectivity index (χ2n) is 2.25. The normalized spacial score (nSPS) is 12.8. The van der Waals surface area contributed by atoms with E-state index < -0.39 is 11.2 Å². The number of aromatic amines is 2. The topological polar surface area (TPSA) is 108 Å². The summed E-state index contributed by atoms with van der Waals surface area (Å²) in [5, 5.41) is -0.0713. The third kappa shape index (κ3) is 1.03. The van der Waals surface area contributed by atoms with E-state index in [0.29, 0.717) is 0 Å². The Labute approximate surface area is 69.2 Å². The summed E-state index contributed by atoms with van der Waals surface area (Å²) in [6.45, 7) is 0. The fourth-order valence-corrected chi connectivity index (χ4v) is 0.935. The minimum atomic E-state index is -0.685. The van der Waals surface area contributed by atoms with Gasteiger partial charge in [0.05, 0.1) is 0 Å². The van der Waals surface area contributed by atoms with Crippen molar-refractivity contribution < 1.29 is 4.79 Å². The number of fused-ring (bicyclic) bond motifs is 1. The maximum Gasteiger partial charge on any atom is 0.327 e. The Balaban J connectivity index is 3.10. The number of H-pyrrole nitrogens is 2. The zero-order chi connectivity index (χ0) is 9.42. The number of rotatable bonds is 0. The second kappa shape index (κ2) is 2.36. The number of carbonyl (C=O) groups excluding carboxylic acids is 1. The maximum atomic E-state index is 11.0. The molecule has 0 unspecified atom stereocenters. The molecule has 2 N–H and O–H groups in total. The van der Waals surface area contributed by atoms with Gasteiger partial charge in [-0.2, -0.15) is 4.99 Å². The van der Waals surface area contributed by atoms with Gasteiger partial charge in [0.2, 0.25) is 5.82 Å². The number of hydrogen-bond acceptors (Lipinski definition) is 5. The van der Waals surface area contributed by atoms with Crippen LogP contribution in [0.5, 0.6) is 0 Å². The lowest BCUT2D eigenvalue weighted by Crippen LogP contribution is -2.46. The first kappa shape index (κ1) is 7.38. The molecule has 0 amide bonds. The molecule has 7 nitrogen and oxygen atoms in total. The van der Waals surface area contributed by atoms with Gasteiger partial charge in [0.25, 0.3) is 5.56 Å². The van der Waals surface area contributed by atoms with Crippen LogP contribution in [0.25, 0.3) is 0 Å². The molecule has 0 saturated heterocycles. The van der Waals surface area contributed by atoms with E-state index in [4.69, 9.17) is 0 Å². The Bertz CT molecular complexity index is 644. The van der Waals surface area contributed by atoms with Crippen molar-refractivity contribution >= 4 is 5.94 Å². The summed E-state index contributed by atoms with van der Waals surface area (Å²) in [6, 6.07) is 0. The smallest absolute Gasteiger partial charge is 0.290 e. The van der Waals surface area contributed by atoms with Gasteiger partial charge in [-0.3, -0.25) is 14.8 Å². The molecule has 0 bridgehead atoms. The molecule has 0 saturated carbocycles. The van der Waals surface area contributed by atoms with Crippen LogP contribution in [-0.4, -0.2) is 15.9 Å². The Morgan fingerprint density at radius 1 is 1.15 bits per heavy atom. The highest BCUT2D eigenvalue weighted by molar-refractivity contribution is 5.51. The Hall–Kier alpha value is -2.27. The van der Waals surface area contributed by atoms with E-state index in [1.807, 2.05) is 4.98 Å². The van der Waals surface area contributed by atoms with Crippen molar-refractivity contribution in [3.63, 3.8) is 0 Å². The summed E-state index contributed by atoms with van der Waals surface area (Å²) >= 11 is 0. The van der Waals surface area contributed by atoms with Crippen molar-refractivity contribution in [2.24, 2.45) is 9.98 Å².